The van der Waals surface area contributed by atoms with Crippen LogP contribution in [-0.4, -0.2) is 37.6 Å². The predicted octanol–water partition coefficient (Wildman–Crippen LogP) is 4.62. The molecular formula is C24H30O7. The average molecular weight is 430 g/mol. The summed E-state index contributed by atoms with van der Waals surface area (Å²) < 4.78 is 21.5. The number of carbonyl (C=O) groups excluding carboxylic acids is 2. The Hall–Kier alpha value is -3.06. The number of methoxy groups -OCH3 is 1. The molecule has 0 radical (unpaired) electrons. The van der Waals surface area contributed by atoms with Gasteiger partial charge in [0.15, 0.2) is 6.79 Å². The average Bonchev–Trinajstić information content (AvgIpc) is 2.72. The van der Waals surface area contributed by atoms with E-state index in [4.69, 9.17) is 18.9 Å². The van der Waals surface area contributed by atoms with Crippen molar-refractivity contribution in [3.8, 4) is 17.2 Å². The summed E-state index contributed by atoms with van der Waals surface area (Å²) in [6, 6.07) is 1.55. The SMILES string of the molecule is CCOc1c(C)c(OC(=O)c2c(C)cc(O)c(C)c2C)c(C)c(C)c1C(=O)OCOC. The number of phenolic OH excluding ortho intramolecular Hbond substituents is 1. The van der Waals surface area contributed by atoms with Gasteiger partial charge in [-0.2, -0.15) is 0 Å². The molecule has 0 saturated carbocycles. The van der Waals surface area contributed by atoms with Crippen molar-refractivity contribution in [2.75, 3.05) is 20.5 Å². The molecule has 0 aromatic heterocycles. The van der Waals surface area contributed by atoms with Crippen LogP contribution in [0.3, 0.4) is 0 Å². The third kappa shape index (κ3) is 4.66. The van der Waals surface area contributed by atoms with Crippen LogP contribution in [0.25, 0.3) is 0 Å². The number of phenols is 1. The topological polar surface area (TPSA) is 91.3 Å². The van der Waals surface area contributed by atoms with E-state index in [9.17, 15) is 14.7 Å². The highest BCUT2D eigenvalue weighted by atomic mass is 16.7. The van der Waals surface area contributed by atoms with Crippen LogP contribution < -0.4 is 9.47 Å². The molecule has 0 aliphatic carbocycles. The predicted molar refractivity (Wildman–Crippen MR) is 116 cm³/mol. The highest BCUT2D eigenvalue weighted by Crippen LogP contribution is 2.39. The van der Waals surface area contributed by atoms with Crippen LogP contribution in [0.1, 0.15) is 61.0 Å². The lowest BCUT2D eigenvalue weighted by molar-refractivity contribution is -0.0128. The van der Waals surface area contributed by atoms with E-state index in [-0.39, 0.29) is 18.1 Å². The number of ether oxygens (including phenoxy) is 4. The summed E-state index contributed by atoms with van der Waals surface area (Å²) >= 11 is 0. The third-order valence-electron chi connectivity index (χ3n) is 5.46. The maximum Gasteiger partial charge on any atom is 0.344 e. The molecule has 1 N–H and O–H groups in total. The third-order valence-corrected chi connectivity index (χ3v) is 5.46. The lowest BCUT2D eigenvalue weighted by Crippen LogP contribution is -2.18. The van der Waals surface area contributed by atoms with Crippen LogP contribution >= 0.6 is 0 Å². The number of esters is 2. The Labute approximate surface area is 182 Å². The molecule has 0 atom stereocenters. The second-order valence-electron chi connectivity index (χ2n) is 7.41. The zero-order valence-electron chi connectivity index (χ0n) is 19.4. The van der Waals surface area contributed by atoms with Crippen molar-refractivity contribution in [1.29, 1.82) is 0 Å². The van der Waals surface area contributed by atoms with Gasteiger partial charge >= 0.3 is 11.9 Å². The van der Waals surface area contributed by atoms with E-state index < -0.39 is 11.9 Å². The van der Waals surface area contributed by atoms with Gasteiger partial charge in [0.2, 0.25) is 0 Å². The summed E-state index contributed by atoms with van der Waals surface area (Å²) in [7, 11) is 1.43. The molecular weight excluding hydrogens is 400 g/mol. The van der Waals surface area contributed by atoms with Crippen molar-refractivity contribution < 1.29 is 33.6 Å². The first-order chi connectivity index (χ1) is 14.6. The zero-order valence-corrected chi connectivity index (χ0v) is 19.4. The summed E-state index contributed by atoms with van der Waals surface area (Å²) in [5, 5.41) is 10.0. The Morgan fingerprint density at radius 1 is 0.839 bits per heavy atom. The Morgan fingerprint density at radius 2 is 1.45 bits per heavy atom. The minimum Gasteiger partial charge on any atom is -0.508 e. The molecule has 0 aliphatic heterocycles. The molecule has 0 aliphatic rings. The Morgan fingerprint density at radius 3 is 2.03 bits per heavy atom. The smallest absolute Gasteiger partial charge is 0.344 e. The van der Waals surface area contributed by atoms with Crippen molar-refractivity contribution >= 4 is 11.9 Å². The fraction of sp³-hybridized carbons (Fsp3) is 0.417. The summed E-state index contributed by atoms with van der Waals surface area (Å²) in [5.74, 6) is -0.343. The normalized spacial score (nSPS) is 10.7. The molecule has 0 amide bonds. The van der Waals surface area contributed by atoms with Gasteiger partial charge in [-0.15, -0.1) is 0 Å². The Balaban J connectivity index is 2.60. The number of benzene rings is 2. The molecule has 31 heavy (non-hydrogen) atoms. The molecule has 0 saturated heterocycles. The summed E-state index contributed by atoms with van der Waals surface area (Å²) in [6.07, 6.45) is 0. The number of aryl methyl sites for hydroxylation is 1. The van der Waals surface area contributed by atoms with Gasteiger partial charge in [0.05, 0.1) is 12.2 Å². The van der Waals surface area contributed by atoms with Gasteiger partial charge < -0.3 is 24.1 Å². The highest BCUT2D eigenvalue weighted by Gasteiger charge is 2.27. The molecule has 0 spiro atoms. The van der Waals surface area contributed by atoms with Gasteiger partial charge in [0.1, 0.15) is 22.8 Å². The molecule has 7 nitrogen and oxygen atoms in total. The van der Waals surface area contributed by atoms with E-state index in [1.807, 2.05) is 0 Å². The van der Waals surface area contributed by atoms with Crippen molar-refractivity contribution in [2.24, 2.45) is 0 Å². The minimum atomic E-state index is -0.576. The van der Waals surface area contributed by atoms with Crippen molar-refractivity contribution in [2.45, 2.75) is 48.5 Å². The first-order valence-electron chi connectivity index (χ1n) is 10.0. The summed E-state index contributed by atoms with van der Waals surface area (Å²) in [6.45, 7) is 12.4. The Kier molecular flexibility index (Phi) is 7.68. The first kappa shape index (κ1) is 24.2. The highest BCUT2D eigenvalue weighted by molar-refractivity contribution is 5.98. The molecule has 0 fully saturated rings. The van der Waals surface area contributed by atoms with Crippen LogP contribution in [0.15, 0.2) is 6.07 Å². The number of aromatic hydroxyl groups is 1. The maximum absolute atomic E-state index is 13.1. The molecule has 2 aromatic carbocycles. The van der Waals surface area contributed by atoms with Gasteiger partial charge in [-0.25, -0.2) is 9.59 Å². The van der Waals surface area contributed by atoms with Gasteiger partial charge in [0, 0.05) is 12.7 Å². The van der Waals surface area contributed by atoms with Crippen LogP contribution in [-0.2, 0) is 9.47 Å². The van der Waals surface area contributed by atoms with E-state index in [0.717, 1.165) is 0 Å². The monoisotopic (exact) mass is 430 g/mol. The largest absolute Gasteiger partial charge is 0.508 e. The second-order valence-corrected chi connectivity index (χ2v) is 7.41. The van der Waals surface area contributed by atoms with E-state index in [1.54, 1.807) is 54.5 Å². The lowest BCUT2D eigenvalue weighted by atomic mass is 9.96. The Bertz CT molecular complexity index is 1020. The van der Waals surface area contributed by atoms with E-state index in [1.165, 1.54) is 7.11 Å². The fourth-order valence-corrected chi connectivity index (χ4v) is 3.53. The van der Waals surface area contributed by atoms with Crippen molar-refractivity contribution in [3.63, 3.8) is 0 Å². The van der Waals surface area contributed by atoms with Crippen LogP contribution in [0.5, 0.6) is 17.2 Å². The van der Waals surface area contributed by atoms with Crippen LogP contribution in [0, 0.1) is 41.5 Å². The molecule has 7 heteroatoms. The molecule has 0 unspecified atom stereocenters. The molecule has 0 heterocycles. The van der Waals surface area contributed by atoms with Crippen molar-refractivity contribution in [1.82, 2.24) is 0 Å². The van der Waals surface area contributed by atoms with Gasteiger partial charge in [-0.05, 0) is 82.3 Å². The maximum atomic E-state index is 13.1. The molecule has 2 aromatic rings. The van der Waals surface area contributed by atoms with Gasteiger partial charge in [0.25, 0.3) is 0 Å². The van der Waals surface area contributed by atoms with E-state index in [2.05, 4.69) is 0 Å². The number of carbonyl (C=O) groups is 2. The van der Waals surface area contributed by atoms with Crippen LogP contribution in [0.2, 0.25) is 0 Å². The standard InChI is InChI=1S/C24H30O7/c1-9-29-22-17(7)21(16(6)15(5)20(22)23(26)30-11-28-8)31-24(27)19-12(2)10-18(25)13(3)14(19)4/h10,25H,9,11H2,1-8H3. The summed E-state index contributed by atoms with van der Waals surface area (Å²) in [4.78, 5) is 25.7. The number of hydrogen-bond donors (Lipinski definition) is 1. The molecule has 2 rings (SSSR count). The second kappa shape index (κ2) is 9.83. The zero-order chi connectivity index (χ0) is 23.5. The lowest BCUT2D eigenvalue weighted by Gasteiger charge is -2.21. The fourth-order valence-electron chi connectivity index (χ4n) is 3.53. The van der Waals surface area contributed by atoms with E-state index in [0.29, 0.717) is 57.1 Å². The van der Waals surface area contributed by atoms with Crippen LogP contribution in [0.4, 0.5) is 0 Å². The van der Waals surface area contributed by atoms with Gasteiger partial charge in [-0.1, -0.05) is 0 Å². The summed E-state index contributed by atoms with van der Waals surface area (Å²) in [5.41, 5.74) is 4.30. The number of hydrogen-bond acceptors (Lipinski definition) is 7. The van der Waals surface area contributed by atoms with Crippen molar-refractivity contribution in [3.05, 3.63) is 50.6 Å². The first-order valence-corrected chi connectivity index (χ1v) is 10.0. The molecule has 168 valence electrons. The van der Waals surface area contributed by atoms with Gasteiger partial charge in [-0.3, -0.25) is 0 Å². The molecule has 0 bridgehead atoms. The quantitative estimate of drug-likeness (QED) is 0.389. The number of rotatable bonds is 7. The minimum absolute atomic E-state index is 0.132. The van der Waals surface area contributed by atoms with E-state index >= 15 is 0 Å².